The van der Waals surface area contributed by atoms with Gasteiger partial charge in [0.05, 0.1) is 18.4 Å². The SMILES string of the molecule is C=CC(=O)N1CC/C=C\[C@H]2C[C@@]2(C(=O)NS(=O)(=O)C2CC2)NC(=O)[C@@H]2CC3CN2C(=O)[C@H](CC1)NC(=O)OCCC/C=C/c1ccc2ccnc(c2c1)O3. The van der Waals surface area contributed by atoms with Crippen LogP contribution in [0.2, 0.25) is 0 Å². The molecule has 3 N–H and O–H groups in total. The molecule has 3 aliphatic heterocycles. The number of ether oxygens (including phenoxy) is 2. The van der Waals surface area contributed by atoms with Crippen LogP contribution >= 0.6 is 0 Å². The highest BCUT2D eigenvalue weighted by molar-refractivity contribution is 7.91. The molecular formula is C38H44N6O9S. The zero-order valence-corrected chi connectivity index (χ0v) is 30.6. The molecular weight excluding hydrogens is 717 g/mol. The third-order valence-electron chi connectivity index (χ3n) is 10.6. The van der Waals surface area contributed by atoms with E-state index >= 15 is 0 Å². The second-order valence-corrected chi connectivity index (χ2v) is 16.4. The fraction of sp³-hybridized carbons (Fsp3) is 0.474. The Hall–Kier alpha value is -5.25. The van der Waals surface area contributed by atoms with E-state index in [1.54, 1.807) is 18.3 Å². The molecule has 7 rings (SSSR count). The van der Waals surface area contributed by atoms with Gasteiger partial charge >= 0.3 is 6.09 Å². The van der Waals surface area contributed by atoms with Gasteiger partial charge in [-0.25, -0.2) is 18.2 Å². The minimum atomic E-state index is -3.94. The average molecular weight is 761 g/mol. The summed E-state index contributed by atoms with van der Waals surface area (Å²) in [5, 5.41) is 6.46. The topological polar surface area (TPSA) is 193 Å². The Kier molecular flexibility index (Phi) is 10.5. The Morgan fingerprint density at radius 1 is 1.07 bits per heavy atom. The highest BCUT2D eigenvalue weighted by atomic mass is 32.2. The lowest BCUT2D eigenvalue weighted by molar-refractivity contribution is -0.141. The van der Waals surface area contributed by atoms with E-state index in [-0.39, 0.29) is 51.4 Å². The number of benzene rings is 1. The summed E-state index contributed by atoms with van der Waals surface area (Å²) in [6.45, 7) is 3.93. The molecule has 16 heteroatoms. The Morgan fingerprint density at radius 3 is 2.70 bits per heavy atom. The van der Waals surface area contributed by atoms with Crippen molar-refractivity contribution in [3.05, 3.63) is 66.9 Å². The Balaban J connectivity index is 1.26. The number of hydrogen-bond donors (Lipinski definition) is 3. The van der Waals surface area contributed by atoms with Crippen molar-refractivity contribution in [2.24, 2.45) is 5.92 Å². The van der Waals surface area contributed by atoms with Gasteiger partial charge in [0.25, 0.3) is 5.91 Å². The lowest BCUT2D eigenvalue weighted by Gasteiger charge is -2.30. The number of amides is 5. The second-order valence-electron chi connectivity index (χ2n) is 14.4. The first-order valence-corrected chi connectivity index (χ1v) is 19.9. The van der Waals surface area contributed by atoms with Crippen LogP contribution in [0, 0.1) is 5.92 Å². The zero-order chi connectivity index (χ0) is 38.0. The van der Waals surface area contributed by atoms with Crippen molar-refractivity contribution >= 4 is 56.6 Å². The normalized spacial score (nSPS) is 29.1. The van der Waals surface area contributed by atoms with Gasteiger partial charge in [0.2, 0.25) is 33.6 Å². The number of fused-ring (bicyclic) bond motifs is 4. The maximum Gasteiger partial charge on any atom is 0.407 e. The van der Waals surface area contributed by atoms with E-state index in [4.69, 9.17) is 9.47 Å². The summed E-state index contributed by atoms with van der Waals surface area (Å²) in [7, 11) is -3.94. The molecule has 2 saturated carbocycles. The molecule has 5 aliphatic rings. The van der Waals surface area contributed by atoms with Crippen molar-refractivity contribution in [3.8, 4) is 5.88 Å². The van der Waals surface area contributed by atoms with Crippen LogP contribution in [0.3, 0.4) is 0 Å². The first-order chi connectivity index (χ1) is 26.0. The molecule has 1 unspecified atom stereocenters. The van der Waals surface area contributed by atoms with Gasteiger partial charge in [-0.2, -0.15) is 0 Å². The van der Waals surface area contributed by atoms with Gasteiger partial charge < -0.3 is 29.9 Å². The first-order valence-electron chi connectivity index (χ1n) is 18.4. The monoisotopic (exact) mass is 760 g/mol. The standard InChI is InChI=1S/C38H44N6O9S/c1-2-32(45)43-17-6-5-9-26-22-38(26,36(48)42-54(50,51)28-12-13-28)41-33(46)31-21-27-23-44(31)35(47)30(15-18-43)40-37(49)52-19-7-3-4-8-24-10-11-25-14-16-39-34(53-27)29(25)20-24/h2,4-5,8-11,14,16,20,26-28,30-31H,1,3,6-7,12-13,15,17-19,21-23H2,(H,40,49)(H,41,46)(H,42,48)/b8-4+,9-5-/t26-,27?,30-,31-,38+/m0/s1. The fourth-order valence-corrected chi connectivity index (χ4v) is 8.68. The number of allylic oxidation sites excluding steroid dienone is 1. The van der Waals surface area contributed by atoms with E-state index < -0.39 is 68.7 Å². The van der Waals surface area contributed by atoms with Gasteiger partial charge in [-0.3, -0.25) is 23.9 Å². The maximum atomic E-state index is 14.6. The third kappa shape index (κ3) is 7.98. The number of nitrogens with one attached hydrogen (secondary N) is 3. The predicted molar refractivity (Wildman–Crippen MR) is 197 cm³/mol. The summed E-state index contributed by atoms with van der Waals surface area (Å²) in [5.41, 5.74) is -0.685. The van der Waals surface area contributed by atoms with Crippen molar-refractivity contribution in [3.63, 3.8) is 0 Å². The molecule has 5 amide bonds. The van der Waals surface area contributed by atoms with Crippen molar-refractivity contribution in [2.75, 3.05) is 26.2 Å². The van der Waals surface area contributed by atoms with Crippen LogP contribution in [0.15, 0.2) is 61.3 Å². The van der Waals surface area contributed by atoms with Gasteiger partial charge in [-0.15, -0.1) is 0 Å². The first kappa shape index (κ1) is 37.1. The Bertz CT molecular complexity index is 2030. The highest BCUT2D eigenvalue weighted by Crippen LogP contribution is 2.46. The lowest BCUT2D eigenvalue weighted by atomic mass is 10.1. The molecule has 4 heterocycles. The highest BCUT2D eigenvalue weighted by Gasteiger charge is 2.62. The number of cyclic esters (lactones) is 1. The van der Waals surface area contributed by atoms with Gasteiger partial charge in [-0.1, -0.05) is 43.0 Å². The molecule has 2 aliphatic carbocycles. The van der Waals surface area contributed by atoms with Crippen LogP contribution in [-0.4, -0.2) is 108 Å². The second kappa shape index (κ2) is 15.2. The molecule has 15 nitrogen and oxygen atoms in total. The van der Waals surface area contributed by atoms with E-state index in [1.165, 1.54) is 15.9 Å². The van der Waals surface area contributed by atoms with Gasteiger partial charge in [0.15, 0.2) is 0 Å². The minimum Gasteiger partial charge on any atom is -0.472 e. The van der Waals surface area contributed by atoms with Crippen molar-refractivity contribution in [2.45, 2.75) is 80.3 Å². The molecule has 3 fully saturated rings. The molecule has 54 heavy (non-hydrogen) atoms. The summed E-state index contributed by atoms with van der Waals surface area (Å²) in [6, 6.07) is 5.33. The number of aromatic nitrogens is 1. The summed E-state index contributed by atoms with van der Waals surface area (Å²) < 4.78 is 39.8. The molecule has 1 aromatic carbocycles. The fourth-order valence-electron chi connectivity index (χ4n) is 7.32. The number of carbonyl (C=O) groups is 5. The minimum absolute atomic E-state index is 0.00201. The van der Waals surface area contributed by atoms with Crippen LogP contribution in [0.5, 0.6) is 5.88 Å². The number of sulfonamides is 1. The van der Waals surface area contributed by atoms with Crippen LogP contribution in [0.4, 0.5) is 4.79 Å². The molecule has 286 valence electrons. The van der Waals surface area contributed by atoms with Crippen LogP contribution in [-0.2, 0) is 33.9 Å². The number of carbonyl (C=O) groups excluding carboxylic acids is 5. The predicted octanol–water partition coefficient (Wildman–Crippen LogP) is 2.33. The molecule has 1 aromatic heterocycles. The van der Waals surface area contributed by atoms with E-state index in [2.05, 4.69) is 26.9 Å². The van der Waals surface area contributed by atoms with Crippen LogP contribution < -0.4 is 20.1 Å². The number of hydrogen-bond acceptors (Lipinski definition) is 10. The summed E-state index contributed by atoms with van der Waals surface area (Å²) in [4.78, 5) is 76.0. The van der Waals surface area contributed by atoms with E-state index in [0.717, 1.165) is 16.3 Å². The zero-order valence-electron chi connectivity index (χ0n) is 29.8. The largest absolute Gasteiger partial charge is 0.472 e. The molecule has 5 atom stereocenters. The van der Waals surface area contributed by atoms with Gasteiger partial charge in [0, 0.05) is 37.0 Å². The van der Waals surface area contributed by atoms with E-state index in [1.807, 2.05) is 36.4 Å². The molecule has 1 saturated heterocycles. The molecule has 2 aromatic rings. The average Bonchev–Trinajstić information content (AvgIpc) is 4.08. The Labute approximate surface area is 313 Å². The molecule has 5 bridgehead atoms. The summed E-state index contributed by atoms with van der Waals surface area (Å²) in [6.07, 6.45) is 11.2. The smallest absolute Gasteiger partial charge is 0.407 e. The number of nitrogens with zero attached hydrogens (tertiary/aromatic N) is 3. The van der Waals surface area contributed by atoms with Gasteiger partial charge in [0.1, 0.15) is 23.7 Å². The molecule has 0 radical (unpaired) electrons. The number of alkyl carbamates (subject to hydrolysis) is 1. The van der Waals surface area contributed by atoms with Crippen molar-refractivity contribution < 1.29 is 41.9 Å². The van der Waals surface area contributed by atoms with Gasteiger partial charge in [-0.05, 0) is 74.1 Å². The van der Waals surface area contributed by atoms with E-state index in [0.29, 0.717) is 38.0 Å². The lowest BCUT2D eigenvalue weighted by Crippen LogP contribution is -2.58. The van der Waals surface area contributed by atoms with Crippen LogP contribution in [0.1, 0.15) is 56.9 Å². The number of rotatable bonds is 4. The maximum absolute atomic E-state index is 14.6. The Morgan fingerprint density at radius 2 is 1.91 bits per heavy atom. The van der Waals surface area contributed by atoms with Crippen molar-refractivity contribution in [1.82, 2.24) is 30.1 Å². The molecule has 0 spiro atoms. The third-order valence-corrected chi connectivity index (χ3v) is 12.4. The van der Waals surface area contributed by atoms with E-state index in [9.17, 15) is 32.4 Å². The quantitative estimate of drug-likeness (QED) is 0.308. The summed E-state index contributed by atoms with van der Waals surface area (Å²) >= 11 is 0. The van der Waals surface area contributed by atoms with Crippen LogP contribution in [0.25, 0.3) is 16.8 Å². The van der Waals surface area contributed by atoms with Crippen molar-refractivity contribution in [1.29, 1.82) is 0 Å². The number of pyridine rings is 1. The summed E-state index contributed by atoms with van der Waals surface area (Å²) in [5.74, 6) is -2.74.